The van der Waals surface area contributed by atoms with E-state index < -0.39 is 0 Å². The van der Waals surface area contributed by atoms with Crippen molar-refractivity contribution >= 4 is 55.6 Å². The summed E-state index contributed by atoms with van der Waals surface area (Å²) in [7, 11) is 0. The first-order valence-corrected chi connectivity index (χ1v) is 4.26. The van der Waals surface area contributed by atoms with Crippen molar-refractivity contribution < 1.29 is 9.53 Å². The molecule has 0 atom stereocenters. The van der Waals surface area contributed by atoms with Gasteiger partial charge in [0.2, 0.25) is 0 Å². The molecule has 1 rings (SSSR count). The Morgan fingerprint density at radius 1 is 1.12 bits per heavy atom. The van der Waals surface area contributed by atoms with Crippen molar-refractivity contribution in [2.75, 3.05) is 6.61 Å². The highest BCUT2D eigenvalue weighted by Gasteiger charge is 2.06. The third-order valence-corrected chi connectivity index (χ3v) is 1.53. The van der Waals surface area contributed by atoms with Crippen molar-refractivity contribution in [2.24, 2.45) is 0 Å². The lowest BCUT2D eigenvalue weighted by Gasteiger charge is -2.00. The summed E-state index contributed by atoms with van der Waals surface area (Å²) >= 11 is 0. The second kappa shape index (κ2) is 13.8. The third kappa shape index (κ3) is 8.44. The molecule has 0 fully saturated rings. The van der Waals surface area contributed by atoms with E-state index in [-0.39, 0.29) is 55.6 Å². The molecule has 0 aliphatic carbocycles. The van der Waals surface area contributed by atoms with Gasteiger partial charge in [-0.1, -0.05) is 6.92 Å². The molecule has 0 unspecified atom stereocenters. The average Bonchev–Trinajstić information content (AvgIpc) is 2.18. The monoisotopic (exact) mass is 324 g/mol. The van der Waals surface area contributed by atoms with Crippen LogP contribution in [0.5, 0.6) is 0 Å². The largest absolute Gasteiger partial charge is 0.462 e. The van der Waals surface area contributed by atoms with Gasteiger partial charge >= 0.3 is 5.97 Å². The Balaban J connectivity index is -0.000000211. The molecule has 0 aliphatic heterocycles. The van der Waals surface area contributed by atoms with E-state index in [0.29, 0.717) is 12.2 Å². The normalized spacial score (nSPS) is 7.41. The number of halogens is 4. The maximum absolute atomic E-state index is 11.1. The maximum Gasteiger partial charge on any atom is 0.341 e. The number of nitrogens with zero attached hydrogens (tertiary/aromatic N) is 2. The molecule has 1 aromatic rings. The number of aryl methyl sites for hydroxylation is 1. The van der Waals surface area contributed by atoms with Gasteiger partial charge in [-0.3, -0.25) is 0 Å². The molecule has 0 N–H and O–H groups in total. The minimum Gasteiger partial charge on any atom is -0.462 e. The summed E-state index contributed by atoms with van der Waals surface area (Å²) in [6.45, 7) is 4.09. The molecule has 102 valence electrons. The number of hydrogen-bond acceptors (Lipinski definition) is 4. The van der Waals surface area contributed by atoms with Crippen LogP contribution in [0.2, 0.25) is 0 Å². The molecule has 0 bridgehead atoms. The molecule has 0 amide bonds. The van der Waals surface area contributed by atoms with Crippen molar-refractivity contribution in [3.8, 4) is 0 Å². The number of aromatic nitrogens is 2. The van der Waals surface area contributed by atoms with Crippen molar-refractivity contribution in [2.45, 2.75) is 20.3 Å². The fourth-order valence-electron chi connectivity index (χ4n) is 0.857. The van der Waals surface area contributed by atoms with Gasteiger partial charge in [-0.05, 0) is 6.92 Å². The van der Waals surface area contributed by atoms with Crippen LogP contribution in [-0.2, 0) is 11.2 Å². The number of esters is 1. The molecule has 0 saturated heterocycles. The minimum absolute atomic E-state index is 0. The van der Waals surface area contributed by atoms with Gasteiger partial charge in [0.25, 0.3) is 0 Å². The Kier molecular flexibility index (Phi) is 20.7. The lowest BCUT2D eigenvalue weighted by molar-refractivity contribution is 0.0525. The lowest BCUT2D eigenvalue weighted by Crippen LogP contribution is -2.06. The predicted molar refractivity (Wildman–Crippen MR) is 76.4 cm³/mol. The molecule has 0 spiro atoms. The predicted octanol–water partition coefficient (Wildman–Crippen LogP) is 2.90. The Hall–Kier alpha value is -0.290. The molecule has 0 aliphatic rings. The highest BCUT2D eigenvalue weighted by molar-refractivity contribution is 5.88. The van der Waals surface area contributed by atoms with Gasteiger partial charge in [0.1, 0.15) is 5.82 Å². The molecular weight excluding hydrogens is 310 g/mol. The second-order valence-electron chi connectivity index (χ2n) is 2.46. The molecule has 0 aromatic carbocycles. The second-order valence-corrected chi connectivity index (χ2v) is 2.46. The Labute approximate surface area is 126 Å². The zero-order valence-electron chi connectivity index (χ0n) is 9.41. The lowest BCUT2D eigenvalue weighted by atomic mass is 10.3. The first-order valence-electron chi connectivity index (χ1n) is 4.26. The average molecular weight is 326 g/mol. The quantitative estimate of drug-likeness (QED) is 0.802. The van der Waals surface area contributed by atoms with Crippen LogP contribution in [0, 0.1) is 0 Å². The van der Waals surface area contributed by atoms with Gasteiger partial charge in [-0.15, -0.1) is 49.6 Å². The minimum atomic E-state index is -0.370. The first kappa shape index (κ1) is 25.5. The SMILES string of the molecule is CCOC(=O)c1cnc(CC)nc1.Cl.Cl.Cl.Cl. The van der Waals surface area contributed by atoms with Gasteiger partial charge in [0, 0.05) is 18.8 Å². The highest BCUT2D eigenvalue weighted by Crippen LogP contribution is 1.99. The summed E-state index contributed by atoms with van der Waals surface area (Å²) in [4.78, 5) is 19.1. The van der Waals surface area contributed by atoms with Gasteiger partial charge in [0.05, 0.1) is 12.2 Å². The molecular formula is C9H16Cl4N2O2. The van der Waals surface area contributed by atoms with E-state index in [4.69, 9.17) is 4.74 Å². The van der Waals surface area contributed by atoms with Crippen molar-refractivity contribution in [3.63, 3.8) is 0 Å². The van der Waals surface area contributed by atoms with Crippen LogP contribution in [-0.4, -0.2) is 22.5 Å². The Morgan fingerprint density at radius 2 is 1.59 bits per heavy atom. The van der Waals surface area contributed by atoms with Crippen molar-refractivity contribution in [1.29, 1.82) is 0 Å². The topological polar surface area (TPSA) is 52.1 Å². The van der Waals surface area contributed by atoms with Crippen LogP contribution in [0.3, 0.4) is 0 Å². The Bertz CT molecular complexity index is 296. The van der Waals surface area contributed by atoms with Crippen molar-refractivity contribution in [1.82, 2.24) is 9.97 Å². The number of carbonyl (C=O) groups is 1. The summed E-state index contributed by atoms with van der Waals surface area (Å²) in [6.07, 6.45) is 3.75. The fourth-order valence-corrected chi connectivity index (χ4v) is 0.857. The van der Waals surface area contributed by atoms with Gasteiger partial charge in [-0.2, -0.15) is 0 Å². The number of rotatable bonds is 3. The third-order valence-electron chi connectivity index (χ3n) is 1.53. The number of hydrogen-bond donors (Lipinski definition) is 0. The van der Waals surface area contributed by atoms with E-state index in [1.165, 1.54) is 12.4 Å². The van der Waals surface area contributed by atoms with Gasteiger partial charge < -0.3 is 4.74 Å². The summed E-state index contributed by atoms with van der Waals surface area (Å²) in [5.41, 5.74) is 0.402. The fraction of sp³-hybridized carbons (Fsp3) is 0.444. The molecule has 0 radical (unpaired) electrons. The highest BCUT2D eigenvalue weighted by atomic mass is 35.5. The molecule has 8 heteroatoms. The van der Waals surface area contributed by atoms with E-state index in [2.05, 4.69) is 9.97 Å². The molecule has 0 saturated carbocycles. The molecule has 17 heavy (non-hydrogen) atoms. The van der Waals surface area contributed by atoms with Crippen LogP contribution in [0.15, 0.2) is 12.4 Å². The van der Waals surface area contributed by atoms with Crippen LogP contribution in [0.4, 0.5) is 0 Å². The number of ether oxygens (including phenoxy) is 1. The first-order chi connectivity index (χ1) is 6.27. The number of carbonyl (C=O) groups excluding carboxylic acids is 1. The Morgan fingerprint density at radius 3 is 1.94 bits per heavy atom. The molecule has 4 nitrogen and oxygen atoms in total. The molecule has 1 heterocycles. The summed E-state index contributed by atoms with van der Waals surface area (Å²) in [5.74, 6) is 0.359. The van der Waals surface area contributed by atoms with E-state index in [0.717, 1.165) is 12.2 Å². The summed E-state index contributed by atoms with van der Waals surface area (Å²) in [5, 5.41) is 0. The van der Waals surface area contributed by atoms with Gasteiger partial charge in [-0.25, -0.2) is 14.8 Å². The van der Waals surface area contributed by atoms with E-state index in [1.807, 2.05) is 6.92 Å². The molecule has 1 aromatic heterocycles. The summed E-state index contributed by atoms with van der Waals surface area (Å²) < 4.78 is 4.78. The van der Waals surface area contributed by atoms with E-state index >= 15 is 0 Å². The standard InChI is InChI=1S/C9H12N2O2.4ClH/c1-3-8-10-5-7(6-11-8)9(12)13-4-2;;;;/h5-6H,3-4H2,1-2H3;4*1H. The van der Waals surface area contributed by atoms with Crippen LogP contribution in [0.25, 0.3) is 0 Å². The maximum atomic E-state index is 11.1. The van der Waals surface area contributed by atoms with Crippen LogP contribution >= 0.6 is 49.6 Å². The van der Waals surface area contributed by atoms with E-state index in [9.17, 15) is 4.79 Å². The van der Waals surface area contributed by atoms with E-state index in [1.54, 1.807) is 6.92 Å². The summed E-state index contributed by atoms with van der Waals surface area (Å²) in [6, 6.07) is 0. The zero-order valence-corrected chi connectivity index (χ0v) is 12.7. The van der Waals surface area contributed by atoms with Crippen LogP contribution < -0.4 is 0 Å². The van der Waals surface area contributed by atoms with Gasteiger partial charge in [0.15, 0.2) is 0 Å². The smallest absolute Gasteiger partial charge is 0.341 e. The van der Waals surface area contributed by atoms with Crippen molar-refractivity contribution in [3.05, 3.63) is 23.8 Å². The van der Waals surface area contributed by atoms with Crippen LogP contribution in [0.1, 0.15) is 30.0 Å². The zero-order chi connectivity index (χ0) is 9.68.